The molecular weight excluding hydrogens is 381 g/mol. The number of nitrogens with one attached hydrogen (secondary N) is 2. The number of fused-ring (bicyclic) bond motifs is 1. The first-order valence-electron chi connectivity index (χ1n) is 10.4. The van der Waals surface area contributed by atoms with E-state index in [4.69, 9.17) is 4.42 Å². The van der Waals surface area contributed by atoms with Gasteiger partial charge in [0.05, 0.1) is 11.7 Å². The van der Waals surface area contributed by atoms with Crippen LogP contribution in [0.5, 0.6) is 0 Å². The van der Waals surface area contributed by atoms with Crippen LogP contribution in [0.15, 0.2) is 53.1 Å². The predicted octanol–water partition coefficient (Wildman–Crippen LogP) is 4.96. The van der Waals surface area contributed by atoms with Gasteiger partial charge in [0, 0.05) is 18.5 Å². The van der Waals surface area contributed by atoms with Crippen LogP contribution in [0.25, 0.3) is 11.5 Å². The van der Waals surface area contributed by atoms with E-state index in [0.29, 0.717) is 24.4 Å². The molecule has 2 aromatic carbocycles. The fourth-order valence-corrected chi connectivity index (χ4v) is 3.80. The molecule has 1 aliphatic rings. The van der Waals surface area contributed by atoms with Crippen molar-refractivity contribution in [3.05, 3.63) is 76.9 Å². The topological polar surface area (TPSA) is 67.2 Å². The third-order valence-electron chi connectivity index (χ3n) is 5.53. The minimum Gasteiger partial charge on any atom is -0.444 e. The summed E-state index contributed by atoms with van der Waals surface area (Å²) >= 11 is 0. The van der Waals surface area contributed by atoms with Gasteiger partial charge in [0.15, 0.2) is 0 Å². The molecule has 4 rings (SSSR count). The van der Waals surface area contributed by atoms with Crippen LogP contribution >= 0.6 is 0 Å². The lowest BCUT2D eigenvalue weighted by Crippen LogP contribution is -2.38. The zero-order chi connectivity index (χ0) is 20.9. The molecule has 0 saturated carbocycles. The quantitative estimate of drug-likeness (QED) is 0.607. The number of carbonyl (C=O) groups excluding carboxylic acids is 1. The van der Waals surface area contributed by atoms with E-state index < -0.39 is 0 Å². The van der Waals surface area contributed by atoms with Gasteiger partial charge in [-0.1, -0.05) is 18.2 Å². The van der Waals surface area contributed by atoms with E-state index in [-0.39, 0.29) is 17.9 Å². The summed E-state index contributed by atoms with van der Waals surface area (Å²) in [5.41, 5.74) is 5.43. The maximum Gasteiger partial charge on any atom is 0.315 e. The van der Waals surface area contributed by atoms with E-state index in [1.807, 2.05) is 6.92 Å². The van der Waals surface area contributed by atoms with Gasteiger partial charge in [-0.05, 0) is 73.6 Å². The fourth-order valence-electron chi connectivity index (χ4n) is 3.80. The summed E-state index contributed by atoms with van der Waals surface area (Å²) in [6, 6.07) is 12.3. The van der Waals surface area contributed by atoms with E-state index >= 15 is 0 Å². The van der Waals surface area contributed by atoms with Gasteiger partial charge in [-0.15, -0.1) is 0 Å². The first kappa shape index (κ1) is 20.1. The summed E-state index contributed by atoms with van der Waals surface area (Å²) in [7, 11) is 0. The third kappa shape index (κ3) is 4.87. The lowest BCUT2D eigenvalue weighted by molar-refractivity contribution is 0.238. The molecule has 2 amide bonds. The summed E-state index contributed by atoms with van der Waals surface area (Å²) in [6.07, 6.45) is 6.89. The lowest BCUT2D eigenvalue weighted by atomic mass is 9.89. The van der Waals surface area contributed by atoms with E-state index in [1.165, 1.54) is 36.1 Å². The molecule has 5 nitrogen and oxygen atoms in total. The Labute approximate surface area is 175 Å². The van der Waals surface area contributed by atoms with Gasteiger partial charge in [-0.25, -0.2) is 14.2 Å². The molecule has 0 saturated heterocycles. The van der Waals surface area contributed by atoms with Crippen LogP contribution in [-0.2, 0) is 19.3 Å². The second kappa shape index (κ2) is 9.11. The van der Waals surface area contributed by atoms with Gasteiger partial charge < -0.3 is 15.1 Å². The third-order valence-corrected chi connectivity index (χ3v) is 5.53. The summed E-state index contributed by atoms with van der Waals surface area (Å²) in [6.45, 7) is 2.44. The number of benzene rings is 2. The van der Waals surface area contributed by atoms with Crippen molar-refractivity contribution in [3.8, 4) is 11.5 Å². The largest absolute Gasteiger partial charge is 0.444 e. The molecule has 6 heteroatoms. The van der Waals surface area contributed by atoms with Crippen molar-refractivity contribution in [2.24, 2.45) is 0 Å². The highest BCUT2D eigenvalue weighted by molar-refractivity contribution is 5.74. The van der Waals surface area contributed by atoms with Gasteiger partial charge in [0.2, 0.25) is 5.89 Å². The predicted molar refractivity (Wildman–Crippen MR) is 114 cm³/mol. The number of halogens is 1. The smallest absolute Gasteiger partial charge is 0.315 e. The molecule has 30 heavy (non-hydrogen) atoms. The Kier molecular flexibility index (Phi) is 6.12. The van der Waals surface area contributed by atoms with Gasteiger partial charge in [0.1, 0.15) is 12.1 Å². The molecule has 3 aromatic rings. The van der Waals surface area contributed by atoms with E-state index in [2.05, 4.69) is 33.8 Å². The van der Waals surface area contributed by atoms with Crippen LogP contribution in [-0.4, -0.2) is 17.6 Å². The maximum atomic E-state index is 13.0. The number of rotatable bonds is 6. The van der Waals surface area contributed by atoms with Crippen molar-refractivity contribution in [1.29, 1.82) is 0 Å². The van der Waals surface area contributed by atoms with Crippen molar-refractivity contribution < 1.29 is 13.6 Å². The molecule has 1 atom stereocenters. The number of amides is 2. The van der Waals surface area contributed by atoms with Gasteiger partial charge in [0.25, 0.3) is 0 Å². The number of aryl methyl sites for hydroxylation is 2. The Bertz CT molecular complexity index is 1010. The summed E-state index contributed by atoms with van der Waals surface area (Å²) < 4.78 is 18.5. The van der Waals surface area contributed by atoms with Crippen molar-refractivity contribution in [2.45, 2.75) is 45.1 Å². The highest BCUT2D eigenvalue weighted by atomic mass is 19.1. The van der Waals surface area contributed by atoms with Gasteiger partial charge in [-0.2, -0.15) is 0 Å². The standard InChI is InChI=1S/C24H26FN3O2/c1-16(19-7-6-17-4-2-3-5-20(17)14-19)27-24(29)26-13-12-22-15-30-23(28-22)18-8-10-21(25)11-9-18/h6-11,14-16H,2-5,12-13H2,1H3,(H2,26,27,29)/t16-/m0/s1. The minimum absolute atomic E-state index is 0.0608. The number of nitrogens with zero attached hydrogens (tertiary/aromatic N) is 1. The molecular formula is C24H26FN3O2. The summed E-state index contributed by atoms with van der Waals surface area (Å²) in [5.74, 6) is 0.140. The molecule has 1 heterocycles. The Balaban J connectivity index is 1.25. The van der Waals surface area contributed by atoms with Gasteiger partial charge >= 0.3 is 6.03 Å². The van der Waals surface area contributed by atoms with Crippen molar-refractivity contribution in [2.75, 3.05) is 6.54 Å². The van der Waals surface area contributed by atoms with Gasteiger partial charge in [-0.3, -0.25) is 0 Å². The Morgan fingerprint density at radius 2 is 1.90 bits per heavy atom. The molecule has 0 spiro atoms. The number of carbonyl (C=O) groups is 1. The van der Waals surface area contributed by atoms with Crippen molar-refractivity contribution >= 4 is 6.03 Å². The molecule has 0 unspecified atom stereocenters. The fraction of sp³-hybridized carbons (Fsp3) is 0.333. The van der Waals surface area contributed by atoms with Crippen molar-refractivity contribution in [1.82, 2.24) is 15.6 Å². The number of hydrogen-bond donors (Lipinski definition) is 2. The molecule has 0 fully saturated rings. The average Bonchev–Trinajstić information content (AvgIpc) is 3.22. The van der Waals surface area contributed by atoms with Crippen LogP contribution in [0.3, 0.4) is 0 Å². The normalized spacial score (nSPS) is 14.1. The highest BCUT2D eigenvalue weighted by Crippen LogP contribution is 2.24. The number of oxazole rings is 1. The lowest BCUT2D eigenvalue weighted by Gasteiger charge is -2.20. The first-order valence-corrected chi connectivity index (χ1v) is 10.4. The maximum absolute atomic E-state index is 13.0. The molecule has 156 valence electrons. The minimum atomic E-state index is -0.301. The zero-order valence-electron chi connectivity index (χ0n) is 17.1. The van der Waals surface area contributed by atoms with Crippen LogP contribution in [0, 0.1) is 5.82 Å². The summed E-state index contributed by atoms with van der Waals surface area (Å²) in [5, 5.41) is 5.87. The van der Waals surface area contributed by atoms with Crippen LogP contribution < -0.4 is 10.6 Å². The van der Waals surface area contributed by atoms with E-state index in [1.54, 1.807) is 18.4 Å². The molecule has 0 aliphatic heterocycles. The van der Waals surface area contributed by atoms with E-state index in [0.717, 1.165) is 24.1 Å². The second-order valence-corrected chi connectivity index (χ2v) is 7.76. The first-order chi connectivity index (χ1) is 14.6. The highest BCUT2D eigenvalue weighted by Gasteiger charge is 2.14. The Morgan fingerprint density at radius 1 is 1.13 bits per heavy atom. The molecule has 0 radical (unpaired) electrons. The van der Waals surface area contributed by atoms with Crippen LogP contribution in [0.4, 0.5) is 9.18 Å². The number of aromatic nitrogens is 1. The Morgan fingerprint density at radius 3 is 2.70 bits per heavy atom. The molecule has 1 aliphatic carbocycles. The van der Waals surface area contributed by atoms with Crippen LogP contribution in [0.2, 0.25) is 0 Å². The zero-order valence-corrected chi connectivity index (χ0v) is 17.1. The average molecular weight is 407 g/mol. The van der Waals surface area contributed by atoms with E-state index in [9.17, 15) is 9.18 Å². The number of urea groups is 1. The monoisotopic (exact) mass is 407 g/mol. The summed E-state index contributed by atoms with van der Waals surface area (Å²) in [4.78, 5) is 16.7. The second-order valence-electron chi connectivity index (χ2n) is 7.76. The molecule has 0 bridgehead atoms. The van der Waals surface area contributed by atoms with Crippen LogP contribution in [0.1, 0.15) is 48.2 Å². The molecule has 2 N–H and O–H groups in total. The Hall–Kier alpha value is -3.15. The van der Waals surface area contributed by atoms with Crippen molar-refractivity contribution in [3.63, 3.8) is 0 Å². The molecule has 1 aromatic heterocycles. The number of hydrogen-bond acceptors (Lipinski definition) is 3. The SMILES string of the molecule is C[C@H](NC(=O)NCCc1coc(-c2ccc(F)cc2)n1)c1ccc2c(c1)CCCC2.